The molecule has 3 heterocycles. The molecule has 0 radical (unpaired) electrons. The first kappa shape index (κ1) is 22.8. The number of piperidine rings is 1. The maximum absolute atomic E-state index is 13.0. The van der Waals surface area contributed by atoms with Crippen molar-refractivity contribution in [1.82, 2.24) is 9.88 Å². The van der Waals surface area contributed by atoms with Gasteiger partial charge in [-0.3, -0.25) is 19.9 Å². The average Bonchev–Trinajstić information content (AvgIpc) is 2.83. The van der Waals surface area contributed by atoms with Crippen molar-refractivity contribution in [2.45, 2.75) is 19.0 Å². The number of nitro groups is 1. The molecule has 2 aliphatic rings. The minimum absolute atomic E-state index is 0.0750. The first-order valence-electron chi connectivity index (χ1n) is 10.8. The Hall–Kier alpha value is -3.37. The summed E-state index contributed by atoms with van der Waals surface area (Å²) in [5.41, 5.74) is -0.385. The van der Waals surface area contributed by atoms with E-state index in [0.717, 1.165) is 30.9 Å². The fraction of sp³-hybridized carbons (Fsp3) is 0.455. The topological polar surface area (TPSA) is 82.8 Å². The number of piperazine rings is 1. The van der Waals surface area contributed by atoms with E-state index in [1.165, 1.54) is 0 Å². The molecule has 11 heteroatoms. The highest BCUT2D eigenvalue weighted by Gasteiger charge is 2.35. The highest BCUT2D eigenvalue weighted by Crippen LogP contribution is 2.38. The van der Waals surface area contributed by atoms with E-state index in [1.807, 2.05) is 17.0 Å². The fourth-order valence-electron chi connectivity index (χ4n) is 4.48. The van der Waals surface area contributed by atoms with Gasteiger partial charge in [-0.1, -0.05) is 0 Å². The van der Waals surface area contributed by atoms with Gasteiger partial charge in [0.05, 0.1) is 10.5 Å². The zero-order valence-electron chi connectivity index (χ0n) is 17.9. The molecule has 8 nitrogen and oxygen atoms in total. The van der Waals surface area contributed by atoms with Gasteiger partial charge in [0.2, 0.25) is 5.91 Å². The third kappa shape index (κ3) is 5.01. The number of carbonyl (C=O) groups excluding carboxylic acids is 1. The molecule has 1 aromatic heterocycles. The molecule has 2 saturated heterocycles. The predicted molar refractivity (Wildman–Crippen MR) is 116 cm³/mol. The van der Waals surface area contributed by atoms with E-state index in [-0.39, 0.29) is 17.5 Å². The Morgan fingerprint density at radius 3 is 2.18 bits per heavy atom. The van der Waals surface area contributed by atoms with Gasteiger partial charge in [0.15, 0.2) is 0 Å². The second kappa shape index (κ2) is 9.24. The van der Waals surface area contributed by atoms with Gasteiger partial charge in [-0.25, -0.2) is 0 Å². The average molecular weight is 463 g/mol. The van der Waals surface area contributed by atoms with Crippen molar-refractivity contribution in [2.24, 2.45) is 5.92 Å². The first-order valence-corrected chi connectivity index (χ1v) is 10.8. The van der Waals surface area contributed by atoms with Crippen molar-refractivity contribution in [3.8, 4) is 0 Å². The lowest BCUT2D eigenvalue weighted by atomic mass is 9.94. The van der Waals surface area contributed by atoms with Crippen LogP contribution < -0.4 is 9.80 Å². The summed E-state index contributed by atoms with van der Waals surface area (Å²) >= 11 is 0. The number of benzene rings is 1. The molecule has 0 bridgehead atoms. The summed E-state index contributed by atoms with van der Waals surface area (Å²) in [6, 6.07) is 6.47. The van der Waals surface area contributed by atoms with E-state index >= 15 is 0 Å². The quantitative estimate of drug-likeness (QED) is 0.509. The number of nitrogens with zero attached hydrogens (tertiary/aromatic N) is 5. The Kier molecular flexibility index (Phi) is 6.39. The lowest BCUT2D eigenvalue weighted by Crippen LogP contribution is -2.51. The van der Waals surface area contributed by atoms with Crippen molar-refractivity contribution in [3.63, 3.8) is 0 Å². The molecule has 0 saturated carbocycles. The number of alkyl halides is 3. The summed E-state index contributed by atoms with van der Waals surface area (Å²) in [5.74, 6) is -0.117. The lowest BCUT2D eigenvalue weighted by molar-refractivity contribution is -0.384. The van der Waals surface area contributed by atoms with Gasteiger partial charge in [-0.2, -0.15) is 13.2 Å². The molecule has 1 amide bonds. The molecule has 2 aliphatic heterocycles. The molecular weight excluding hydrogens is 439 g/mol. The van der Waals surface area contributed by atoms with E-state index in [9.17, 15) is 28.1 Å². The highest BCUT2D eigenvalue weighted by atomic mass is 19.4. The summed E-state index contributed by atoms with van der Waals surface area (Å²) < 4.78 is 38.9. The Balaban J connectivity index is 1.35. The van der Waals surface area contributed by atoms with Gasteiger partial charge in [0, 0.05) is 69.3 Å². The number of aromatic nitrogens is 1. The van der Waals surface area contributed by atoms with Crippen molar-refractivity contribution in [2.75, 3.05) is 49.1 Å². The molecule has 1 aromatic carbocycles. The van der Waals surface area contributed by atoms with Crippen LogP contribution in [0.4, 0.5) is 30.2 Å². The van der Waals surface area contributed by atoms with Crippen LogP contribution in [0, 0.1) is 16.0 Å². The molecule has 176 valence electrons. The van der Waals surface area contributed by atoms with E-state index in [4.69, 9.17) is 0 Å². The molecule has 0 atom stereocenters. The lowest BCUT2D eigenvalue weighted by Gasteiger charge is -2.39. The van der Waals surface area contributed by atoms with Crippen molar-refractivity contribution < 1.29 is 22.9 Å². The Labute approximate surface area is 188 Å². The molecule has 4 rings (SSSR count). The smallest absolute Gasteiger partial charge is 0.368 e. The largest absolute Gasteiger partial charge is 0.416 e. The molecule has 2 aromatic rings. The number of carbonyl (C=O) groups is 1. The zero-order chi connectivity index (χ0) is 23.6. The van der Waals surface area contributed by atoms with Crippen molar-refractivity contribution in [1.29, 1.82) is 0 Å². The third-order valence-electron chi connectivity index (χ3n) is 6.30. The van der Waals surface area contributed by atoms with Crippen molar-refractivity contribution >= 4 is 23.0 Å². The molecule has 2 fully saturated rings. The van der Waals surface area contributed by atoms with E-state index in [0.29, 0.717) is 45.1 Å². The number of anilines is 2. The van der Waals surface area contributed by atoms with Crippen LogP contribution in [-0.4, -0.2) is 60.0 Å². The minimum atomic E-state index is -4.65. The minimum Gasteiger partial charge on any atom is -0.368 e. The SMILES string of the molecule is O=C(C1CCN(c2ccc(C(F)(F)F)cc2[N+](=O)[O-])CC1)N1CCN(c2ccncc2)CC1. The van der Waals surface area contributed by atoms with Gasteiger partial charge in [-0.05, 0) is 37.1 Å². The second-order valence-corrected chi connectivity index (χ2v) is 8.24. The number of rotatable bonds is 4. The number of amides is 1. The molecule has 0 unspecified atom stereocenters. The Morgan fingerprint density at radius 1 is 0.970 bits per heavy atom. The number of hydrogen-bond acceptors (Lipinski definition) is 6. The number of halogens is 3. The van der Waals surface area contributed by atoms with E-state index in [1.54, 1.807) is 17.3 Å². The van der Waals surface area contributed by atoms with Crippen LogP contribution in [0.1, 0.15) is 18.4 Å². The number of hydrogen-bond donors (Lipinski definition) is 0. The summed E-state index contributed by atoms with van der Waals surface area (Å²) in [6.07, 6.45) is -0.170. The van der Waals surface area contributed by atoms with Gasteiger partial charge in [0.1, 0.15) is 5.69 Å². The summed E-state index contributed by atoms with van der Waals surface area (Å²) in [5, 5.41) is 11.4. The van der Waals surface area contributed by atoms with Gasteiger partial charge in [-0.15, -0.1) is 0 Å². The maximum atomic E-state index is 13.0. The summed E-state index contributed by atoms with van der Waals surface area (Å²) in [7, 11) is 0. The normalized spacial score (nSPS) is 17.8. The van der Waals surface area contributed by atoms with Crippen LogP contribution in [0.3, 0.4) is 0 Å². The maximum Gasteiger partial charge on any atom is 0.416 e. The van der Waals surface area contributed by atoms with Crippen LogP contribution >= 0.6 is 0 Å². The third-order valence-corrected chi connectivity index (χ3v) is 6.30. The standard InChI is InChI=1S/C22H24F3N5O3/c23-22(24,25)17-1-2-19(20(15-17)30(32)33)28-9-5-16(6-10-28)21(31)29-13-11-27(12-14-29)18-3-7-26-8-4-18/h1-4,7-8,15-16H,5-6,9-14H2. The fourth-order valence-corrected chi connectivity index (χ4v) is 4.48. The van der Waals surface area contributed by atoms with Gasteiger partial charge in [0.25, 0.3) is 5.69 Å². The molecule has 33 heavy (non-hydrogen) atoms. The zero-order valence-corrected chi connectivity index (χ0v) is 17.9. The Morgan fingerprint density at radius 2 is 1.61 bits per heavy atom. The van der Waals surface area contributed by atoms with Crippen LogP contribution in [-0.2, 0) is 11.0 Å². The highest BCUT2D eigenvalue weighted by molar-refractivity contribution is 5.79. The van der Waals surface area contributed by atoms with Gasteiger partial charge >= 0.3 is 6.18 Å². The monoisotopic (exact) mass is 463 g/mol. The van der Waals surface area contributed by atoms with Crippen LogP contribution in [0.5, 0.6) is 0 Å². The molecule has 0 aliphatic carbocycles. The van der Waals surface area contributed by atoms with Gasteiger partial charge < -0.3 is 14.7 Å². The summed E-state index contributed by atoms with van der Waals surface area (Å²) in [6.45, 7) is 3.44. The van der Waals surface area contributed by atoms with E-state index < -0.39 is 22.4 Å². The van der Waals surface area contributed by atoms with Crippen molar-refractivity contribution in [3.05, 3.63) is 58.4 Å². The number of nitro benzene ring substituents is 1. The summed E-state index contributed by atoms with van der Waals surface area (Å²) in [4.78, 5) is 33.4. The molecular formula is C22H24F3N5O3. The van der Waals surface area contributed by atoms with Crippen LogP contribution in [0.25, 0.3) is 0 Å². The van der Waals surface area contributed by atoms with Crippen LogP contribution in [0.2, 0.25) is 0 Å². The van der Waals surface area contributed by atoms with E-state index in [2.05, 4.69) is 9.88 Å². The predicted octanol–water partition coefficient (Wildman–Crippen LogP) is 3.57. The van der Waals surface area contributed by atoms with Crippen LogP contribution in [0.15, 0.2) is 42.7 Å². The molecule has 0 spiro atoms. The Bertz CT molecular complexity index is 1000. The number of pyridine rings is 1. The molecule has 0 N–H and O–H groups in total. The first-order chi connectivity index (χ1) is 15.7. The second-order valence-electron chi connectivity index (χ2n) is 8.24.